The molecule has 0 aromatic heterocycles. The van der Waals surface area contributed by atoms with Crippen molar-refractivity contribution >= 4 is 10.8 Å². The van der Waals surface area contributed by atoms with Gasteiger partial charge in [-0.2, -0.15) is 0 Å². The molecule has 0 saturated carbocycles. The van der Waals surface area contributed by atoms with Crippen molar-refractivity contribution in [3.05, 3.63) is 114 Å². The van der Waals surface area contributed by atoms with Crippen LogP contribution in [0.3, 0.4) is 0 Å². The van der Waals surface area contributed by atoms with Gasteiger partial charge in [-0.15, -0.1) is 0 Å². The second-order valence-corrected chi connectivity index (χ2v) is 8.70. The van der Waals surface area contributed by atoms with E-state index in [0.29, 0.717) is 0 Å². The van der Waals surface area contributed by atoms with Crippen molar-refractivity contribution in [2.75, 3.05) is 26.2 Å². The fraction of sp³-hybridized carbons (Fsp3) is 0.267. The fourth-order valence-electron chi connectivity index (χ4n) is 4.98. The van der Waals surface area contributed by atoms with Crippen molar-refractivity contribution in [1.29, 1.82) is 0 Å². The molecule has 162 valence electrons. The number of piperidine rings is 1. The smallest absolute Gasteiger partial charge is 0.124 e. The lowest BCUT2D eigenvalue weighted by Crippen LogP contribution is -2.33. The fourth-order valence-corrected chi connectivity index (χ4v) is 4.98. The van der Waals surface area contributed by atoms with Gasteiger partial charge in [0.2, 0.25) is 0 Å². The van der Waals surface area contributed by atoms with Crippen LogP contribution in [0.15, 0.2) is 97.1 Å². The zero-order chi connectivity index (χ0) is 21.6. The van der Waals surface area contributed by atoms with E-state index in [4.69, 9.17) is 4.74 Å². The molecule has 0 spiro atoms. The Morgan fingerprint density at radius 1 is 0.656 bits per heavy atom. The number of likely N-dealkylation sites (tertiary alicyclic amines) is 1. The Labute approximate surface area is 191 Å². The molecule has 2 nitrogen and oxygen atoms in total. The summed E-state index contributed by atoms with van der Waals surface area (Å²) in [5.74, 6) is 1.12. The normalized spacial score (nSPS) is 14.7. The highest BCUT2D eigenvalue weighted by molar-refractivity contribution is 5.89. The van der Waals surface area contributed by atoms with E-state index in [9.17, 15) is 0 Å². The summed E-state index contributed by atoms with van der Waals surface area (Å²) in [6.45, 7) is 4.12. The molecule has 0 aliphatic carbocycles. The molecule has 4 aromatic carbocycles. The molecule has 1 aliphatic heterocycles. The molecule has 0 atom stereocenters. The second-order valence-electron chi connectivity index (χ2n) is 8.70. The van der Waals surface area contributed by atoms with E-state index in [0.717, 1.165) is 18.9 Å². The summed E-state index contributed by atoms with van der Waals surface area (Å²) in [4.78, 5) is 2.54. The van der Waals surface area contributed by atoms with Crippen LogP contribution in [-0.4, -0.2) is 31.1 Å². The van der Waals surface area contributed by atoms with Crippen molar-refractivity contribution in [2.45, 2.75) is 25.2 Å². The third-order valence-corrected chi connectivity index (χ3v) is 6.60. The van der Waals surface area contributed by atoms with Crippen LogP contribution in [0.25, 0.3) is 10.8 Å². The van der Waals surface area contributed by atoms with Gasteiger partial charge in [-0.05, 0) is 53.9 Å². The highest BCUT2D eigenvalue weighted by Gasteiger charge is 2.23. The molecular weight excluding hydrogens is 390 g/mol. The van der Waals surface area contributed by atoms with Crippen LogP contribution in [0.2, 0.25) is 0 Å². The minimum atomic E-state index is 0.119. The van der Waals surface area contributed by atoms with Gasteiger partial charge in [-0.3, -0.25) is 4.90 Å². The van der Waals surface area contributed by atoms with Gasteiger partial charge in [-0.1, -0.05) is 97.4 Å². The maximum Gasteiger partial charge on any atom is 0.124 e. The van der Waals surface area contributed by atoms with Gasteiger partial charge in [-0.25, -0.2) is 0 Å². The molecule has 0 radical (unpaired) electrons. The van der Waals surface area contributed by atoms with Crippen LogP contribution in [0.1, 0.15) is 41.9 Å². The van der Waals surface area contributed by atoms with Crippen LogP contribution in [-0.2, 0) is 0 Å². The minimum absolute atomic E-state index is 0.119. The standard InChI is InChI=1S/C30H31NO/c1-4-13-25(14-5-1)29(26-15-6-2-7-16-26)30-27-17-9-8-12-24(27)18-19-28(30)32-23-22-31-20-10-3-11-21-31/h1-2,4-9,12-19,29H,3,10-11,20-23H2. The van der Waals surface area contributed by atoms with Gasteiger partial charge in [0.25, 0.3) is 0 Å². The van der Waals surface area contributed by atoms with Crippen molar-refractivity contribution < 1.29 is 4.74 Å². The summed E-state index contributed by atoms with van der Waals surface area (Å²) >= 11 is 0. The van der Waals surface area contributed by atoms with E-state index >= 15 is 0 Å². The first kappa shape index (κ1) is 20.8. The predicted octanol–water partition coefficient (Wildman–Crippen LogP) is 6.88. The number of benzene rings is 4. The molecule has 0 bridgehead atoms. The van der Waals surface area contributed by atoms with E-state index < -0.39 is 0 Å². The van der Waals surface area contributed by atoms with Gasteiger partial charge in [0, 0.05) is 18.0 Å². The Morgan fingerprint density at radius 2 is 1.28 bits per heavy atom. The lowest BCUT2D eigenvalue weighted by atomic mass is 9.82. The van der Waals surface area contributed by atoms with Gasteiger partial charge in [0.15, 0.2) is 0 Å². The van der Waals surface area contributed by atoms with Crippen molar-refractivity contribution in [3.63, 3.8) is 0 Å². The van der Waals surface area contributed by atoms with Gasteiger partial charge < -0.3 is 4.74 Å². The Morgan fingerprint density at radius 3 is 1.97 bits per heavy atom. The van der Waals surface area contributed by atoms with Crippen LogP contribution in [0.5, 0.6) is 5.75 Å². The molecule has 0 unspecified atom stereocenters. The Balaban J connectivity index is 1.57. The van der Waals surface area contributed by atoms with E-state index in [1.165, 1.54) is 59.8 Å². The monoisotopic (exact) mass is 421 g/mol. The highest BCUT2D eigenvalue weighted by atomic mass is 16.5. The topological polar surface area (TPSA) is 12.5 Å². The van der Waals surface area contributed by atoms with Crippen LogP contribution < -0.4 is 4.74 Å². The van der Waals surface area contributed by atoms with E-state index in [-0.39, 0.29) is 5.92 Å². The minimum Gasteiger partial charge on any atom is -0.492 e. The predicted molar refractivity (Wildman–Crippen MR) is 134 cm³/mol. The van der Waals surface area contributed by atoms with E-state index in [2.05, 4.69) is 102 Å². The zero-order valence-electron chi connectivity index (χ0n) is 18.6. The highest BCUT2D eigenvalue weighted by Crippen LogP contribution is 2.41. The largest absolute Gasteiger partial charge is 0.492 e. The van der Waals surface area contributed by atoms with Gasteiger partial charge in [0.05, 0.1) is 0 Å². The van der Waals surface area contributed by atoms with E-state index in [1.54, 1.807) is 0 Å². The first-order valence-electron chi connectivity index (χ1n) is 11.9. The SMILES string of the molecule is c1ccc(C(c2ccccc2)c2c(OCCN3CCCCC3)ccc3ccccc23)cc1. The third-order valence-electron chi connectivity index (χ3n) is 6.60. The van der Waals surface area contributed by atoms with E-state index in [1.807, 2.05) is 0 Å². The number of hydrogen-bond donors (Lipinski definition) is 0. The van der Waals surface area contributed by atoms with Crippen LogP contribution in [0.4, 0.5) is 0 Å². The molecule has 32 heavy (non-hydrogen) atoms. The molecule has 1 fully saturated rings. The van der Waals surface area contributed by atoms with Crippen molar-refractivity contribution in [3.8, 4) is 5.75 Å². The maximum absolute atomic E-state index is 6.53. The first-order chi connectivity index (χ1) is 15.9. The molecule has 0 N–H and O–H groups in total. The quantitative estimate of drug-likeness (QED) is 0.301. The summed E-state index contributed by atoms with van der Waals surface area (Å²) in [5, 5.41) is 2.52. The van der Waals surface area contributed by atoms with Crippen LogP contribution in [0, 0.1) is 0 Å². The first-order valence-corrected chi connectivity index (χ1v) is 11.9. The third kappa shape index (κ3) is 4.56. The number of nitrogens with zero attached hydrogens (tertiary/aromatic N) is 1. The van der Waals surface area contributed by atoms with Crippen molar-refractivity contribution in [2.24, 2.45) is 0 Å². The van der Waals surface area contributed by atoms with Gasteiger partial charge >= 0.3 is 0 Å². The second kappa shape index (κ2) is 10.0. The summed E-state index contributed by atoms with van der Waals surface area (Å²) < 4.78 is 6.53. The summed E-state index contributed by atoms with van der Waals surface area (Å²) in [6.07, 6.45) is 3.98. The molecule has 4 aromatic rings. The number of fused-ring (bicyclic) bond motifs is 1. The Hall–Kier alpha value is -3.10. The van der Waals surface area contributed by atoms with Crippen LogP contribution >= 0.6 is 0 Å². The zero-order valence-corrected chi connectivity index (χ0v) is 18.6. The lowest BCUT2D eigenvalue weighted by molar-refractivity contribution is 0.183. The average Bonchev–Trinajstić information content (AvgIpc) is 2.87. The molecule has 1 aliphatic rings. The molecule has 1 heterocycles. The summed E-state index contributed by atoms with van der Waals surface area (Å²) in [6, 6.07) is 34.7. The maximum atomic E-state index is 6.53. The van der Waals surface area contributed by atoms with Gasteiger partial charge in [0.1, 0.15) is 12.4 Å². The Kier molecular flexibility index (Phi) is 6.50. The Bertz CT molecular complexity index is 1090. The molecular formula is C30H31NO. The molecule has 0 amide bonds. The summed E-state index contributed by atoms with van der Waals surface area (Å²) in [5.41, 5.74) is 3.84. The number of ether oxygens (including phenoxy) is 1. The number of rotatable bonds is 7. The average molecular weight is 422 g/mol. The van der Waals surface area contributed by atoms with Crippen molar-refractivity contribution in [1.82, 2.24) is 4.90 Å². The summed E-state index contributed by atoms with van der Waals surface area (Å²) in [7, 11) is 0. The molecule has 5 rings (SSSR count). The molecule has 2 heteroatoms. The lowest BCUT2D eigenvalue weighted by Gasteiger charge is -2.27. The molecule has 1 saturated heterocycles. The number of hydrogen-bond acceptors (Lipinski definition) is 2.